The van der Waals surface area contributed by atoms with Crippen molar-refractivity contribution in [3.63, 3.8) is 0 Å². The molecule has 0 aromatic heterocycles. The molecular formula is C16H19NO3S. The first kappa shape index (κ1) is 14.4. The first-order chi connectivity index (χ1) is 10.2. The van der Waals surface area contributed by atoms with E-state index in [-0.39, 0.29) is 11.8 Å². The Morgan fingerprint density at radius 3 is 2.62 bits per heavy atom. The van der Waals surface area contributed by atoms with Crippen molar-refractivity contribution in [2.45, 2.75) is 25.3 Å². The lowest BCUT2D eigenvalue weighted by molar-refractivity contribution is -0.153. The van der Waals surface area contributed by atoms with Gasteiger partial charge in [0.05, 0.1) is 0 Å². The van der Waals surface area contributed by atoms with Gasteiger partial charge in [0, 0.05) is 12.5 Å². The molecule has 1 atom stereocenters. The minimum atomic E-state index is -0.930. The Morgan fingerprint density at radius 2 is 1.90 bits per heavy atom. The standard InChI is InChI=1S/C16H19NO3S/c18-15(12-6-9-21-10-7-12)17-8-5-11-3-1-2-4-13(11)14(17)16(19)20/h1-4,12,14H,5-10H2,(H,19,20). The minimum absolute atomic E-state index is 0.00152. The largest absolute Gasteiger partial charge is 0.479 e. The Hall–Kier alpha value is -1.49. The Kier molecular flexibility index (Phi) is 4.19. The predicted molar refractivity (Wildman–Crippen MR) is 82.3 cm³/mol. The Labute approximate surface area is 128 Å². The Morgan fingerprint density at radius 1 is 1.19 bits per heavy atom. The highest BCUT2D eigenvalue weighted by Gasteiger charge is 2.38. The van der Waals surface area contributed by atoms with E-state index in [0.717, 1.165) is 41.9 Å². The van der Waals surface area contributed by atoms with Crippen molar-refractivity contribution in [1.82, 2.24) is 4.90 Å². The maximum Gasteiger partial charge on any atom is 0.331 e. The SMILES string of the molecule is O=C(O)C1c2ccccc2CCN1C(=O)C1CCSCC1. The maximum absolute atomic E-state index is 12.7. The van der Waals surface area contributed by atoms with Crippen molar-refractivity contribution in [2.24, 2.45) is 5.92 Å². The molecule has 1 unspecified atom stereocenters. The van der Waals surface area contributed by atoms with E-state index in [1.165, 1.54) is 0 Å². The van der Waals surface area contributed by atoms with E-state index in [2.05, 4.69) is 0 Å². The number of carbonyl (C=O) groups excluding carboxylic acids is 1. The van der Waals surface area contributed by atoms with Gasteiger partial charge in [0.2, 0.25) is 5.91 Å². The predicted octanol–water partition coefficient (Wildman–Crippen LogP) is 2.34. The number of hydrogen-bond acceptors (Lipinski definition) is 3. The van der Waals surface area contributed by atoms with Crippen molar-refractivity contribution in [1.29, 1.82) is 0 Å². The van der Waals surface area contributed by atoms with Gasteiger partial charge >= 0.3 is 5.97 Å². The summed E-state index contributed by atoms with van der Waals surface area (Å²) in [5.74, 6) is 1.09. The molecular weight excluding hydrogens is 286 g/mol. The van der Waals surface area contributed by atoms with Gasteiger partial charge in [-0.05, 0) is 41.9 Å². The topological polar surface area (TPSA) is 57.6 Å². The zero-order chi connectivity index (χ0) is 14.8. The second-order valence-corrected chi connectivity index (χ2v) is 6.83. The fourth-order valence-corrected chi connectivity index (χ4v) is 4.36. The molecule has 0 bridgehead atoms. The average Bonchev–Trinajstić information content (AvgIpc) is 2.53. The number of carboxylic acids is 1. The quantitative estimate of drug-likeness (QED) is 0.911. The molecule has 112 valence electrons. The zero-order valence-electron chi connectivity index (χ0n) is 11.8. The van der Waals surface area contributed by atoms with Gasteiger partial charge in [0.15, 0.2) is 6.04 Å². The van der Waals surface area contributed by atoms with Crippen molar-refractivity contribution >= 4 is 23.6 Å². The second kappa shape index (κ2) is 6.10. The Balaban J connectivity index is 1.88. The van der Waals surface area contributed by atoms with Gasteiger partial charge in [-0.1, -0.05) is 24.3 Å². The monoisotopic (exact) mass is 305 g/mol. The molecule has 4 nitrogen and oxygen atoms in total. The van der Waals surface area contributed by atoms with Crippen LogP contribution in [0.2, 0.25) is 0 Å². The summed E-state index contributed by atoms with van der Waals surface area (Å²) >= 11 is 1.87. The zero-order valence-corrected chi connectivity index (χ0v) is 12.6. The molecule has 1 saturated heterocycles. The molecule has 0 saturated carbocycles. The van der Waals surface area contributed by atoms with E-state index in [9.17, 15) is 14.7 Å². The van der Waals surface area contributed by atoms with Crippen LogP contribution in [0.4, 0.5) is 0 Å². The number of hydrogen-bond donors (Lipinski definition) is 1. The van der Waals surface area contributed by atoms with E-state index in [4.69, 9.17) is 0 Å². The van der Waals surface area contributed by atoms with E-state index >= 15 is 0 Å². The fraction of sp³-hybridized carbons (Fsp3) is 0.500. The second-order valence-electron chi connectivity index (χ2n) is 5.61. The van der Waals surface area contributed by atoms with Crippen LogP contribution in [0.1, 0.15) is 30.0 Å². The molecule has 1 amide bonds. The summed E-state index contributed by atoms with van der Waals surface area (Å²) in [4.78, 5) is 26.0. The highest BCUT2D eigenvalue weighted by molar-refractivity contribution is 7.99. The third-order valence-corrected chi connectivity index (χ3v) is 5.42. The molecule has 1 aromatic rings. The first-order valence-electron chi connectivity index (χ1n) is 7.37. The maximum atomic E-state index is 12.7. The highest BCUT2D eigenvalue weighted by atomic mass is 32.2. The van der Waals surface area contributed by atoms with Crippen LogP contribution in [0.25, 0.3) is 0 Å². The number of nitrogens with zero attached hydrogens (tertiary/aromatic N) is 1. The molecule has 1 N–H and O–H groups in total. The molecule has 0 aliphatic carbocycles. The van der Waals surface area contributed by atoms with E-state index in [0.29, 0.717) is 6.54 Å². The average molecular weight is 305 g/mol. The number of amides is 1. The van der Waals surface area contributed by atoms with Crippen LogP contribution in [-0.4, -0.2) is 39.9 Å². The normalized spacial score (nSPS) is 22.7. The smallest absolute Gasteiger partial charge is 0.331 e. The number of carboxylic acid groups (broad SMARTS) is 1. The summed E-state index contributed by atoms with van der Waals surface area (Å²) in [5.41, 5.74) is 1.82. The van der Waals surface area contributed by atoms with Crippen LogP contribution in [0.15, 0.2) is 24.3 Å². The lowest BCUT2D eigenvalue weighted by Crippen LogP contribution is -2.46. The summed E-state index contributed by atoms with van der Waals surface area (Å²) in [6, 6.07) is 6.75. The summed E-state index contributed by atoms with van der Waals surface area (Å²) in [7, 11) is 0. The molecule has 1 fully saturated rings. The van der Waals surface area contributed by atoms with Gasteiger partial charge in [-0.2, -0.15) is 11.8 Å². The molecule has 21 heavy (non-hydrogen) atoms. The van der Waals surface area contributed by atoms with E-state index < -0.39 is 12.0 Å². The lowest BCUT2D eigenvalue weighted by Gasteiger charge is -2.37. The third kappa shape index (κ3) is 2.79. The van der Waals surface area contributed by atoms with Crippen molar-refractivity contribution in [3.05, 3.63) is 35.4 Å². The van der Waals surface area contributed by atoms with Crippen LogP contribution in [0.5, 0.6) is 0 Å². The molecule has 0 radical (unpaired) electrons. The van der Waals surface area contributed by atoms with Crippen molar-refractivity contribution in [3.8, 4) is 0 Å². The lowest BCUT2D eigenvalue weighted by atomic mass is 9.90. The summed E-state index contributed by atoms with van der Waals surface area (Å²) in [6.07, 6.45) is 2.48. The Bertz CT molecular complexity index is 554. The van der Waals surface area contributed by atoms with E-state index in [1.807, 2.05) is 36.0 Å². The summed E-state index contributed by atoms with van der Waals surface area (Å²) in [5, 5.41) is 9.60. The van der Waals surface area contributed by atoms with Gasteiger partial charge in [-0.3, -0.25) is 4.79 Å². The number of benzene rings is 1. The first-order valence-corrected chi connectivity index (χ1v) is 8.53. The molecule has 3 rings (SSSR count). The number of thioether (sulfide) groups is 1. The van der Waals surface area contributed by atoms with Crippen molar-refractivity contribution in [2.75, 3.05) is 18.1 Å². The number of rotatable bonds is 2. The fourth-order valence-electron chi connectivity index (χ4n) is 3.25. The van der Waals surface area contributed by atoms with Crippen LogP contribution < -0.4 is 0 Å². The number of carbonyl (C=O) groups is 2. The third-order valence-electron chi connectivity index (χ3n) is 4.37. The highest BCUT2D eigenvalue weighted by Crippen LogP contribution is 2.33. The molecule has 2 heterocycles. The molecule has 2 aliphatic heterocycles. The van der Waals surface area contributed by atoms with Crippen LogP contribution in [0, 0.1) is 5.92 Å². The summed E-state index contributed by atoms with van der Waals surface area (Å²) < 4.78 is 0. The van der Waals surface area contributed by atoms with Gasteiger partial charge in [-0.25, -0.2) is 4.79 Å². The molecule has 5 heteroatoms. The molecule has 1 aromatic carbocycles. The van der Waals surface area contributed by atoms with Gasteiger partial charge < -0.3 is 10.0 Å². The number of fused-ring (bicyclic) bond motifs is 1. The summed E-state index contributed by atoms with van der Waals surface area (Å²) in [6.45, 7) is 0.510. The molecule has 2 aliphatic rings. The minimum Gasteiger partial charge on any atom is -0.479 e. The van der Waals surface area contributed by atoms with Gasteiger partial charge in [0.25, 0.3) is 0 Å². The number of aliphatic carboxylic acids is 1. The van der Waals surface area contributed by atoms with Crippen molar-refractivity contribution < 1.29 is 14.7 Å². The van der Waals surface area contributed by atoms with Crippen LogP contribution in [0.3, 0.4) is 0 Å². The van der Waals surface area contributed by atoms with Gasteiger partial charge in [0.1, 0.15) is 0 Å². The molecule has 0 spiro atoms. The van der Waals surface area contributed by atoms with E-state index in [1.54, 1.807) is 4.90 Å². The van der Waals surface area contributed by atoms with Gasteiger partial charge in [-0.15, -0.1) is 0 Å². The van der Waals surface area contributed by atoms with Crippen LogP contribution in [-0.2, 0) is 16.0 Å². The van der Waals surface area contributed by atoms with Crippen LogP contribution >= 0.6 is 11.8 Å².